The fourth-order valence-electron chi connectivity index (χ4n) is 1.85. The van der Waals surface area contributed by atoms with Gasteiger partial charge in [-0.05, 0) is 5.56 Å². The molecule has 0 aliphatic heterocycles. The van der Waals surface area contributed by atoms with Crippen molar-refractivity contribution in [2.24, 2.45) is 0 Å². The molecular weight excluding hydrogens is 278 g/mol. The topological polar surface area (TPSA) is 29.3 Å². The highest BCUT2D eigenvalue weighted by atomic mass is 32.2. The lowest BCUT2D eigenvalue weighted by atomic mass is 10.1. The first-order valence-corrected chi connectivity index (χ1v) is 7.68. The van der Waals surface area contributed by atoms with Crippen molar-refractivity contribution in [2.45, 2.75) is 12.5 Å². The molecule has 1 aromatic carbocycles. The van der Waals surface area contributed by atoms with Gasteiger partial charge < -0.3 is 4.74 Å². The lowest BCUT2D eigenvalue weighted by Gasteiger charge is -2.10. The van der Waals surface area contributed by atoms with Crippen molar-refractivity contribution in [1.29, 1.82) is 0 Å². The van der Waals surface area contributed by atoms with Crippen LogP contribution < -0.4 is 8.56 Å². The number of esters is 1. The smallest absolute Gasteiger partial charge is 0.375 e. The molecule has 0 spiro atoms. The van der Waals surface area contributed by atoms with Gasteiger partial charge in [0, 0.05) is 17.2 Å². The number of hydrogen-bond donors (Lipinski definition) is 0. The summed E-state index contributed by atoms with van der Waals surface area (Å²) in [6.45, 7) is 0. The van der Waals surface area contributed by atoms with Crippen molar-refractivity contribution >= 4 is 28.6 Å². The Morgan fingerprint density at radius 3 is 2.47 bits per heavy atom. The second kappa shape index (κ2) is 6.63. The van der Waals surface area contributed by atoms with Crippen LogP contribution in [0.5, 0.6) is 0 Å². The molecule has 19 heavy (non-hydrogen) atoms. The Morgan fingerprint density at radius 1 is 1.26 bits per heavy atom. The van der Waals surface area contributed by atoms with E-state index in [4.69, 9.17) is 4.74 Å². The first-order chi connectivity index (χ1) is 9.22. The number of ether oxygens (including phenoxy) is 1. The van der Waals surface area contributed by atoms with Crippen LogP contribution in [-0.2, 0) is 16.0 Å². The predicted molar refractivity (Wildman–Crippen MR) is 79.3 cm³/mol. The molecule has 0 radical (unpaired) electrons. The van der Waals surface area contributed by atoms with Crippen molar-refractivity contribution < 1.29 is 9.53 Å². The third-order valence-corrected chi connectivity index (χ3v) is 5.17. The summed E-state index contributed by atoms with van der Waals surface area (Å²) in [5, 5.41) is 4.04. The van der Waals surface area contributed by atoms with Crippen LogP contribution in [0, 0.1) is 0 Å². The van der Waals surface area contributed by atoms with E-state index in [0.717, 1.165) is 9.55 Å². The van der Waals surface area contributed by atoms with Gasteiger partial charge >= 0.3 is 9.95 Å². The molecule has 0 saturated heterocycles. The van der Waals surface area contributed by atoms with Crippen LogP contribution in [0.2, 0.25) is 0 Å². The fourth-order valence-corrected chi connectivity index (χ4v) is 3.66. The lowest BCUT2D eigenvalue weighted by molar-refractivity contribution is -0.143. The maximum Gasteiger partial charge on any atom is 0.375 e. The molecule has 1 aromatic heterocycles. The minimum absolute atomic E-state index is 0.202. The van der Waals surface area contributed by atoms with Gasteiger partial charge in [0.15, 0.2) is 0 Å². The van der Waals surface area contributed by atoms with Gasteiger partial charge in [-0.2, -0.15) is 0 Å². The molecule has 1 heterocycles. The zero-order valence-corrected chi connectivity index (χ0v) is 12.5. The number of benzene rings is 1. The molecule has 100 valence electrons. The van der Waals surface area contributed by atoms with Crippen LogP contribution in [0.25, 0.3) is 0 Å². The molecule has 0 bridgehead atoms. The SMILES string of the molecule is COC(=O)C(Cc1ccccc1)[N+](C)=c1sccs1. The van der Waals surface area contributed by atoms with Gasteiger partial charge in [0.2, 0.25) is 0 Å². The number of nitrogens with zero attached hydrogens (tertiary/aromatic N) is 1. The largest absolute Gasteiger partial charge is 0.464 e. The van der Waals surface area contributed by atoms with Gasteiger partial charge in [-0.15, -0.1) is 0 Å². The number of carbonyl (C=O) groups is 1. The van der Waals surface area contributed by atoms with Crippen LogP contribution in [0.4, 0.5) is 0 Å². The molecule has 0 amide bonds. The third-order valence-electron chi connectivity index (χ3n) is 2.89. The molecule has 0 N–H and O–H groups in total. The highest BCUT2D eigenvalue weighted by Crippen LogP contribution is 2.06. The standard InChI is InChI=1S/C14H16NO2S2/c1-15(14-18-8-9-19-14)12(13(16)17-2)10-11-6-4-3-5-7-11/h3-9,12H,10H2,1-2H3/q+1. The van der Waals surface area contributed by atoms with Crippen molar-refractivity contribution in [3.63, 3.8) is 0 Å². The van der Waals surface area contributed by atoms with Crippen LogP contribution >= 0.6 is 22.7 Å². The van der Waals surface area contributed by atoms with Gasteiger partial charge in [-0.25, -0.2) is 9.37 Å². The zero-order chi connectivity index (χ0) is 13.7. The zero-order valence-electron chi connectivity index (χ0n) is 10.9. The fraction of sp³-hybridized carbons (Fsp3) is 0.286. The maximum absolute atomic E-state index is 12.0. The van der Waals surface area contributed by atoms with Gasteiger partial charge in [-0.3, -0.25) is 0 Å². The molecule has 0 aliphatic rings. The van der Waals surface area contributed by atoms with E-state index in [1.807, 2.05) is 52.7 Å². The summed E-state index contributed by atoms with van der Waals surface area (Å²) in [7, 11) is 3.37. The Hall–Kier alpha value is -1.46. The van der Waals surface area contributed by atoms with E-state index < -0.39 is 0 Å². The highest BCUT2D eigenvalue weighted by Gasteiger charge is 2.29. The van der Waals surface area contributed by atoms with Crippen molar-refractivity contribution in [3.8, 4) is 0 Å². The number of hydrogen-bond acceptors (Lipinski definition) is 4. The Kier molecular flexibility index (Phi) is 4.87. The number of carbonyl (C=O) groups excluding carboxylic acids is 1. The van der Waals surface area contributed by atoms with Crippen LogP contribution in [0.3, 0.4) is 0 Å². The normalized spacial score (nSPS) is 11.9. The Labute approximate surface area is 120 Å². The number of rotatable bonds is 4. The first kappa shape index (κ1) is 14.0. The minimum atomic E-state index is -0.290. The molecule has 0 saturated carbocycles. The maximum atomic E-state index is 12.0. The van der Waals surface area contributed by atoms with Crippen molar-refractivity contribution in [3.05, 3.63) is 50.6 Å². The molecule has 5 heteroatoms. The summed E-state index contributed by atoms with van der Waals surface area (Å²) in [5.74, 6) is -0.202. The van der Waals surface area contributed by atoms with E-state index in [0.29, 0.717) is 6.42 Å². The van der Waals surface area contributed by atoms with E-state index in [2.05, 4.69) is 0 Å². The van der Waals surface area contributed by atoms with Crippen molar-refractivity contribution in [1.82, 2.24) is 4.58 Å². The minimum Gasteiger partial charge on any atom is -0.464 e. The van der Waals surface area contributed by atoms with Crippen LogP contribution in [0.1, 0.15) is 5.56 Å². The molecule has 0 aliphatic carbocycles. The average molecular weight is 294 g/mol. The number of likely N-dealkylation sites (N-methyl/N-ethyl adjacent to an activating group) is 1. The van der Waals surface area contributed by atoms with E-state index in [-0.39, 0.29) is 12.0 Å². The van der Waals surface area contributed by atoms with E-state index >= 15 is 0 Å². The molecule has 1 atom stereocenters. The van der Waals surface area contributed by atoms with Crippen LogP contribution in [0.15, 0.2) is 41.1 Å². The average Bonchev–Trinajstić information content (AvgIpc) is 2.98. The van der Waals surface area contributed by atoms with E-state index in [1.165, 1.54) is 7.11 Å². The summed E-state index contributed by atoms with van der Waals surface area (Å²) in [6, 6.07) is 9.71. The lowest BCUT2D eigenvalue weighted by Crippen LogP contribution is -2.42. The summed E-state index contributed by atoms with van der Waals surface area (Å²) >= 11 is 3.27. The Bertz CT molecular complexity index is 584. The molecule has 0 fully saturated rings. The predicted octanol–water partition coefficient (Wildman–Crippen LogP) is 2.00. The monoisotopic (exact) mass is 294 g/mol. The van der Waals surface area contributed by atoms with E-state index in [9.17, 15) is 4.79 Å². The first-order valence-electron chi connectivity index (χ1n) is 5.92. The van der Waals surface area contributed by atoms with Gasteiger partial charge in [0.05, 0.1) is 7.11 Å². The molecule has 3 nitrogen and oxygen atoms in total. The van der Waals surface area contributed by atoms with Crippen molar-refractivity contribution in [2.75, 3.05) is 14.2 Å². The summed E-state index contributed by atoms with van der Waals surface area (Å²) in [6.07, 6.45) is 0.647. The second-order valence-corrected chi connectivity index (χ2v) is 6.16. The third kappa shape index (κ3) is 3.52. The Morgan fingerprint density at radius 2 is 1.89 bits per heavy atom. The van der Waals surface area contributed by atoms with Gasteiger partial charge in [-0.1, -0.05) is 53.0 Å². The van der Waals surface area contributed by atoms with Gasteiger partial charge in [0.1, 0.15) is 7.05 Å². The quantitative estimate of drug-likeness (QED) is 0.637. The summed E-state index contributed by atoms with van der Waals surface area (Å²) in [5.41, 5.74) is 1.13. The van der Waals surface area contributed by atoms with Gasteiger partial charge in [0.25, 0.3) is 6.04 Å². The second-order valence-electron chi connectivity index (χ2n) is 4.11. The number of methoxy groups -OCH3 is 1. The molecular formula is C14H16NO2S2+. The summed E-state index contributed by atoms with van der Waals surface area (Å²) in [4.78, 5) is 12.0. The summed E-state index contributed by atoms with van der Waals surface area (Å²) < 4.78 is 8.03. The van der Waals surface area contributed by atoms with Crippen LogP contribution in [-0.4, -0.2) is 26.2 Å². The Balaban J connectivity index is 2.33. The highest BCUT2D eigenvalue weighted by molar-refractivity contribution is 7.24. The molecule has 1 unspecified atom stereocenters. The van der Waals surface area contributed by atoms with E-state index in [1.54, 1.807) is 22.7 Å². The molecule has 2 aromatic rings. The molecule has 2 rings (SSSR count).